The van der Waals surface area contributed by atoms with Gasteiger partial charge in [0, 0.05) is 16.1 Å². The third kappa shape index (κ3) is 6.17. The molecule has 0 unspecified atom stereocenters. The monoisotopic (exact) mass is 603 g/mol. The second kappa shape index (κ2) is 12.2. The molecule has 38 heavy (non-hydrogen) atoms. The van der Waals surface area contributed by atoms with Crippen molar-refractivity contribution in [3.8, 4) is 11.1 Å². The lowest BCUT2D eigenvalue weighted by Crippen LogP contribution is -2.18. The summed E-state index contributed by atoms with van der Waals surface area (Å²) in [6.07, 6.45) is 0. The first-order chi connectivity index (χ1) is 18.2. The fourth-order valence-electron chi connectivity index (χ4n) is 3.61. The molecule has 5 nitrogen and oxygen atoms in total. The van der Waals surface area contributed by atoms with Crippen molar-refractivity contribution in [2.45, 2.75) is 4.90 Å². The number of carbonyl (C=O) groups is 3. The number of anilines is 1. The van der Waals surface area contributed by atoms with Crippen molar-refractivity contribution in [1.82, 2.24) is 0 Å². The number of carboxylic acids is 1. The van der Waals surface area contributed by atoms with Gasteiger partial charge >= 0.3 is 5.97 Å². The predicted octanol–water partition coefficient (Wildman–Crippen LogP) is 8.89. The molecule has 0 saturated heterocycles. The lowest BCUT2D eigenvalue weighted by atomic mass is 10.0. The summed E-state index contributed by atoms with van der Waals surface area (Å²) in [5.74, 6) is -2.18. The Bertz CT molecular complexity index is 1540. The molecule has 192 valence electrons. The maximum Gasteiger partial charge on any atom is 0.338 e. The molecular formula is C28H17Cl4NO4S. The normalized spacial score (nSPS) is 10.7. The van der Waals surface area contributed by atoms with Gasteiger partial charge < -0.3 is 10.4 Å². The van der Waals surface area contributed by atoms with E-state index < -0.39 is 28.0 Å². The smallest absolute Gasteiger partial charge is 0.338 e. The zero-order valence-electron chi connectivity index (χ0n) is 19.3. The van der Waals surface area contributed by atoms with E-state index in [1.54, 1.807) is 36.4 Å². The molecule has 2 N–H and O–H groups in total. The zero-order chi connectivity index (χ0) is 27.4. The van der Waals surface area contributed by atoms with Crippen LogP contribution in [0.2, 0.25) is 20.1 Å². The third-order valence-corrected chi connectivity index (χ3v) is 8.28. The molecule has 4 aromatic rings. The lowest BCUT2D eigenvalue weighted by Gasteiger charge is -2.14. The quantitative estimate of drug-likeness (QED) is 0.0908. The molecule has 0 aliphatic carbocycles. The minimum atomic E-state index is -1.49. The van der Waals surface area contributed by atoms with Crippen LogP contribution in [0.5, 0.6) is 0 Å². The van der Waals surface area contributed by atoms with E-state index in [1.807, 2.05) is 42.5 Å². The summed E-state index contributed by atoms with van der Waals surface area (Å²) in [6.45, 7) is 0. The molecule has 4 rings (SSSR count). The summed E-state index contributed by atoms with van der Waals surface area (Å²) in [4.78, 5) is 38.2. The van der Waals surface area contributed by atoms with Crippen LogP contribution in [0.3, 0.4) is 0 Å². The number of rotatable bonds is 8. The molecule has 0 radical (unpaired) electrons. The van der Waals surface area contributed by atoms with Crippen LogP contribution in [-0.2, 0) is 0 Å². The summed E-state index contributed by atoms with van der Waals surface area (Å²) >= 11 is 25.5. The van der Waals surface area contributed by atoms with Gasteiger partial charge in [-0.15, -0.1) is 11.8 Å². The van der Waals surface area contributed by atoms with E-state index in [9.17, 15) is 19.5 Å². The van der Waals surface area contributed by atoms with Gasteiger partial charge in [0.25, 0.3) is 5.91 Å². The van der Waals surface area contributed by atoms with Crippen molar-refractivity contribution in [3.05, 3.63) is 116 Å². The standard InChI is InChI=1S/C28H17Cl4NO4S/c29-23-21(22(28(36)37)24(30)26(32)25(23)31)27(35)33-18-7-4-8-19(13-18)38-14-20(34)17-11-9-16(10-12-17)15-5-2-1-3-6-15/h1-13H,14H2,(H,33,35)(H,36,37). The molecule has 0 saturated carbocycles. The van der Waals surface area contributed by atoms with Gasteiger partial charge in [-0.1, -0.05) is 107 Å². The Hall–Kier alpha value is -3.00. The molecule has 4 aromatic carbocycles. The Morgan fingerprint density at radius 2 is 1.32 bits per heavy atom. The van der Waals surface area contributed by atoms with Crippen LogP contribution in [-0.4, -0.2) is 28.5 Å². The first-order valence-corrected chi connectivity index (χ1v) is 13.5. The number of carboxylic acid groups (broad SMARTS) is 1. The van der Waals surface area contributed by atoms with E-state index in [1.165, 1.54) is 11.8 Å². The van der Waals surface area contributed by atoms with Crippen LogP contribution in [0, 0.1) is 0 Å². The second-order valence-electron chi connectivity index (χ2n) is 7.95. The maximum atomic E-state index is 13.0. The SMILES string of the molecule is O=C(CSc1cccc(NC(=O)c2c(Cl)c(Cl)c(Cl)c(Cl)c2C(=O)O)c1)c1ccc(-c2ccccc2)cc1. The summed E-state index contributed by atoms with van der Waals surface area (Å²) in [5.41, 5.74) is 2.07. The Labute approximate surface area is 242 Å². The van der Waals surface area contributed by atoms with Crippen molar-refractivity contribution in [3.63, 3.8) is 0 Å². The number of amides is 1. The van der Waals surface area contributed by atoms with Crippen LogP contribution in [0.25, 0.3) is 11.1 Å². The highest BCUT2D eigenvalue weighted by Gasteiger charge is 2.29. The number of ketones is 1. The van der Waals surface area contributed by atoms with Gasteiger partial charge in [0.2, 0.25) is 0 Å². The number of nitrogens with one attached hydrogen (secondary N) is 1. The van der Waals surface area contributed by atoms with Crippen LogP contribution in [0.1, 0.15) is 31.1 Å². The number of aromatic carboxylic acids is 1. The van der Waals surface area contributed by atoms with Gasteiger partial charge in [0.05, 0.1) is 37.0 Å². The summed E-state index contributed by atoms with van der Waals surface area (Å²) in [6, 6.07) is 24.0. The number of hydrogen-bond donors (Lipinski definition) is 2. The summed E-state index contributed by atoms with van der Waals surface area (Å²) in [7, 11) is 0. The van der Waals surface area contributed by atoms with E-state index in [2.05, 4.69) is 5.32 Å². The molecule has 0 aliphatic heterocycles. The molecule has 10 heteroatoms. The molecule has 1 amide bonds. The Morgan fingerprint density at radius 1 is 0.711 bits per heavy atom. The van der Waals surface area contributed by atoms with Crippen molar-refractivity contribution in [1.29, 1.82) is 0 Å². The third-order valence-electron chi connectivity index (χ3n) is 5.48. The maximum absolute atomic E-state index is 13.0. The van der Waals surface area contributed by atoms with Crippen molar-refractivity contribution in [2.75, 3.05) is 11.1 Å². The fourth-order valence-corrected chi connectivity index (χ4v) is 5.48. The Kier molecular flexibility index (Phi) is 9.03. The largest absolute Gasteiger partial charge is 0.478 e. The highest BCUT2D eigenvalue weighted by Crippen LogP contribution is 2.42. The number of thioether (sulfide) groups is 1. The Morgan fingerprint density at radius 3 is 1.95 bits per heavy atom. The van der Waals surface area contributed by atoms with Gasteiger partial charge in [-0.05, 0) is 29.3 Å². The number of carbonyl (C=O) groups excluding carboxylic acids is 2. The molecule has 0 aliphatic rings. The van der Waals surface area contributed by atoms with Gasteiger partial charge in [-0.2, -0.15) is 0 Å². The average Bonchev–Trinajstić information content (AvgIpc) is 2.93. The van der Waals surface area contributed by atoms with E-state index in [-0.39, 0.29) is 26.6 Å². The van der Waals surface area contributed by atoms with E-state index in [0.29, 0.717) is 16.1 Å². The van der Waals surface area contributed by atoms with Gasteiger partial charge in [0.15, 0.2) is 5.78 Å². The Balaban J connectivity index is 1.46. The summed E-state index contributed by atoms with van der Waals surface area (Å²) < 4.78 is 0. The van der Waals surface area contributed by atoms with Crippen molar-refractivity contribution in [2.24, 2.45) is 0 Å². The predicted molar refractivity (Wildman–Crippen MR) is 155 cm³/mol. The van der Waals surface area contributed by atoms with Crippen molar-refractivity contribution >= 4 is 81.5 Å². The van der Waals surface area contributed by atoms with E-state index >= 15 is 0 Å². The number of Topliss-reactive ketones (excluding diaryl/α,β-unsaturated/α-hetero) is 1. The van der Waals surface area contributed by atoms with Gasteiger partial charge in [-0.25, -0.2) is 4.79 Å². The van der Waals surface area contributed by atoms with Gasteiger partial charge in [0.1, 0.15) is 0 Å². The molecule has 0 aromatic heterocycles. The molecule has 0 bridgehead atoms. The van der Waals surface area contributed by atoms with Crippen molar-refractivity contribution < 1.29 is 19.5 Å². The van der Waals surface area contributed by atoms with E-state index in [0.717, 1.165) is 11.1 Å². The van der Waals surface area contributed by atoms with Crippen LogP contribution in [0.4, 0.5) is 5.69 Å². The average molecular weight is 605 g/mol. The molecule has 0 spiro atoms. The number of halogens is 4. The first kappa shape index (κ1) is 28.0. The minimum absolute atomic E-state index is 0.0487. The fraction of sp³-hybridized carbons (Fsp3) is 0.0357. The molecule has 0 heterocycles. The topological polar surface area (TPSA) is 83.5 Å². The first-order valence-electron chi connectivity index (χ1n) is 11.0. The zero-order valence-corrected chi connectivity index (χ0v) is 23.1. The number of benzene rings is 4. The second-order valence-corrected chi connectivity index (χ2v) is 10.5. The van der Waals surface area contributed by atoms with Gasteiger partial charge in [-0.3, -0.25) is 9.59 Å². The lowest BCUT2D eigenvalue weighted by molar-refractivity contribution is 0.0692. The highest BCUT2D eigenvalue weighted by molar-refractivity contribution is 8.00. The highest BCUT2D eigenvalue weighted by atomic mass is 35.5. The number of hydrogen-bond acceptors (Lipinski definition) is 4. The molecule has 0 fully saturated rings. The van der Waals surface area contributed by atoms with E-state index in [4.69, 9.17) is 46.4 Å². The molecular weight excluding hydrogens is 588 g/mol. The van der Waals surface area contributed by atoms with Crippen LogP contribution >= 0.6 is 58.2 Å². The minimum Gasteiger partial charge on any atom is -0.478 e. The van der Waals surface area contributed by atoms with Crippen LogP contribution < -0.4 is 5.32 Å². The summed E-state index contributed by atoms with van der Waals surface area (Å²) in [5, 5.41) is 11.0. The molecule has 0 atom stereocenters. The van der Waals surface area contributed by atoms with Crippen LogP contribution in [0.15, 0.2) is 83.8 Å².